The molecule has 148 valence electrons. The summed E-state index contributed by atoms with van der Waals surface area (Å²) >= 11 is 5.31. The van der Waals surface area contributed by atoms with Crippen LogP contribution in [0.2, 0.25) is 0 Å². The molecule has 29 heavy (non-hydrogen) atoms. The minimum absolute atomic E-state index is 0.0797. The Balaban J connectivity index is 1.66. The number of hydrogen-bond donors (Lipinski definition) is 4. The topological polar surface area (TPSA) is 125 Å². The smallest absolute Gasteiger partial charge is 0.269 e. The fraction of sp³-hybridized carbons (Fsp3) is 0.105. The Bertz CT molecular complexity index is 1090. The Hall–Kier alpha value is -3.79. The molecule has 2 heterocycles. The summed E-state index contributed by atoms with van der Waals surface area (Å²) in [6.45, 7) is 4.08. The van der Waals surface area contributed by atoms with E-state index in [4.69, 9.17) is 12.2 Å². The van der Waals surface area contributed by atoms with Crippen molar-refractivity contribution in [1.82, 2.24) is 20.6 Å². The molecule has 0 spiro atoms. The lowest BCUT2D eigenvalue weighted by atomic mass is 10.1. The number of non-ortho nitro benzene ring substituents is 1. The van der Waals surface area contributed by atoms with Crippen LogP contribution in [0, 0.1) is 10.1 Å². The van der Waals surface area contributed by atoms with Gasteiger partial charge in [-0.3, -0.25) is 14.9 Å². The molecule has 0 aliphatic carbocycles. The number of rotatable bonds is 7. The van der Waals surface area contributed by atoms with Gasteiger partial charge in [0.1, 0.15) is 5.65 Å². The molecule has 2 aromatic heterocycles. The van der Waals surface area contributed by atoms with Crippen molar-refractivity contribution in [1.29, 1.82) is 0 Å². The summed E-state index contributed by atoms with van der Waals surface area (Å²) in [6.07, 6.45) is 4.66. The lowest BCUT2D eigenvalue weighted by molar-refractivity contribution is -0.384. The number of carbonyl (C=O) groups is 1. The molecule has 0 bridgehead atoms. The molecule has 0 aliphatic heterocycles. The van der Waals surface area contributed by atoms with Crippen molar-refractivity contribution in [3.8, 4) is 0 Å². The van der Waals surface area contributed by atoms with Gasteiger partial charge in [-0.1, -0.05) is 6.58 Å². The summed E-state index contributed by atoms with van der Waals surface area (Å²) < 4.78 is 0. The van der Waals surface area contributed by atoms with Crippen LogP contribution in [0.15, 0.2) is 55.4 Å². The highest BCUT2D eigenvalue weighted by molar-refractivity contribution is 7.80. The number of carbonyl (C=O) groups excluding carboxylic acids is 1. The lowest BCUT2D eigenvalue weighted by Crippen LogP contribution is -2.34. The third kappa shape index (κ3) is 4.93. The minimum atomic E-state index is -0.495. The second-order valence-electron chi connectivity index (χ2n) is 6.04. The zero-order valence-corrected chi connectivity index (χ0v) is 16.1. The monoisotopic (exact) mass is 410 g/mol. The Kier molecular flexibility index (Phi) is 6.15. The van der Waals surface area contributed by atoms with Crippen LogP contribution in [0.5, 0.6) is 0 Å². The zero-order chi connectivity index (χ0) is 20.8. The largest absolute Gasteiger partial charge is 0.359 e. The number of amides is 1. The molecule has 0 unspecified atom stereocenters. The normalized spacial score (nSPS) is 10.3. The Morgan fingerprint density at radius 1 is 1.24 bits per heavy atom. The van der Waals surface area contributed by atoms with E-state index in [1.807, 2.05) is 18.3 Å². The van der Waals surface area contributed by atoms with E-state index in [2.05, 4.69) is 32.5 Å². The van der Waals surface area contributed by atoms with E-state index in [0.29, 0.717) is 22.9 Å². The van der Waals surface area contributed by atoms with Crippen molar-refractivity contribution in [3.05, 3.63) is 76.6 Å². The van der Waals surface area contributed by atoms with Gasteiger partial charge in [0.2, 0.25) is 5.91 Å². The van der Waals surface area contributed by atoms with E-state index in [1.54, 1.807) is 6.20 Å². The molecule has 9 nitrogen and oxygen atoms in total. The third-order valence-electron chi connectivity index (χ3n) is 4.17. The number of aromatic amines is 1. The van der Waals surface area contributed by atoms with Gasteiger partial charge in [0.05, 0.1) is 4.92 Å². The van der Waals surface area contributed by atoms with E-state index in [0.717, 1.165) is 22.7 Å². The van der Waals surface area contributed by atoms with E-state index >= 15 is 0 Å². The number of pyridine rings is 1. The van der Waals surface area contributed by atoms with Crippen LogP contribution in [0.3, 0.4) is 0 Å². The van der Waals surface area contributed by atoms with E-state index in [-0.39, 0.29) is 12.2 Å². The number of benzene rings is 1. The van der Waals surface area contributed by atoms with E-state index < -0.39 is 10.8 Å². The van der Waals surface area contributed by atoms with E-state index in [1.165, 1.54) is 18.2 Å². The van der Waals surface area contributed by atoms with Crippen LogP contribution < -0.4 is 16.0 Å². The van der Waals surface area contributed by atoms with Crippen molar-refractivity contribution in [2.24, 2.45) is 0 Å². The molecule has 0 saturated heterocycles. The number of anilines is 1. The lowest BCUT2D eigenvalue weighted by Gasteiger charge is -2.14. The summed E-state index contributed by atoms with van der Waals surface area (Å²) in [5.74, 6) is -0.408. The van der Waals surface area contributed by atoms with Crippen molar-refractivity contribution in [2.75, 3.05) is 5.32 Å². The summed E-state index contributed by atoms with van der Waals surface area (Å²) in [4.78, 5) is 29.5. The Morgan fingerprint density at radius 3 is 2.72 bits per heavy atom. The van der Waals surface area contributed by atoms with Crippen LogP contribution in [0.4, 0.5) is 11.4 Å². The third-order valence-corrected chi connectivity index (χ3v) is 4.46. The Labute approximate surface area is 171 Å². The van der Waals surface area contributed by atoms with Gasteiger partial charge in [-0.25, -0.2) is 4.98 Å². The highest BCUT2D eigenvalue weighted by atomic mass is 32.1. The van der Waals surface area contributed by atoms with Crippen LogP contribution in [0.1, 0.15) is 11.1 Å². The fourth-order valence-corrected chi connectivity index (χ4v) is 2.88. The summed E-state index contributed by atoms with van der Waals surface area (Å²) in [6, 6.07) is 8.03. The number of nitro groups is 1. The molecular formula is C19H18N6O3S. The number of nitrogens with zero attached hydrogens (tertiary/aromatic N) is 2. The van der Waals surface area contributed by atoms with Gasteiger partial charge >= 0.3 is 0 Å². The number of nitro benzene ring substituents is 1. The average Bonchev–Trinajstić information content (AvgIpc) is 3.20. The maximum absolute atomic E-state index is 11.6. The molecule has 0 atom stereocenters. The van der Waals surface area contributed by atoms with Gasteiger partial charge in [-0.05, 0) is 42.1 Å². The molecule has 0 radical (unpaired) electrons. The molecule has 1 amide bonds. The first-order chi connectivity index (χ1) is 14.0. The van der Waals surface area contributed by atoms with Crippen LogP contribution >= 0.6 is 12.2 Å². The van der Waals surface area contributed by atoms with E-state index in [9.17, 15) is 14.9 Å². The molecule has 0 aliphatic rings. The predicted molar refractivity (Wildman–Crippen MR) is 114 cm³/mol. The van der Waals surface area contributed by atoms with Crippen LogP contribution in [0.25, 0.3) is 11.0 Å². The number of hydrogen-bond acceptors (Lipinski definition) is 5. The standard InChI is InChI=1S/C19H18N6O3S/c1-2-17(26)24-16-4-3-14(25(27)28)9-13(16)11-23-19(29)22-10-12-5-7-20-18-15(12)6-8-21-18/h2-9H,1,10-11H2,(H,20,21)(H,24,26)(H2,22,23,29). The van der Waals surface area contributed by atoms with Crippen LogP contribution in [-0.2, 0) is 17.9 Å². The first-order valence-electron chi connectivity index (χ1n) is 8.61. The molecule has 3 aromatic rings. The maximum atomic E-state index is 11.6. The number of aromatic nitrogens is 2. The maximum Gasteiger partial charge on any atom is 0.269 e. The van der Waals surface area contributed by atoms with Crippen LogP contribution in [-0.4, -0.2) is 25.9 Å². The molecule has 4 N–H and O–H groups in total. The molecule has 10 heteroatoms. The molecular weight excluding hydrogens is 392 g/mol. The minimum Gasteiger partial charge on any atom is -0.359 e. The van der Waals surface area contributed by atoms with Crippen molar-refractivity contribution in [3.63, 3.8) is 0 Å². The second kappa shape index (κ2) is 8.93. The quantitative estimate of drug-likeness (QED) is 0.204. The van der Waals surface area contributed by atoms with Crippen molar-refractivity contribution < 1.29 is 9.72 Å². The molecule has 3 rings (SSSR count). The molecule has 0 saturated carbocycles. The fourth-order valence-electron chi connectivity index (χ4n) is 2.73. The summed E-state index contributed by atoms with van der Waals surface area (Å²) in [7, 11) is 0. The second-order valence-corrected chi connectivity index (χ2v) is 6.45. The van der Waals surface area contributed by atoms with Gasteiger partial charge in [0.25, 0.3) is 5.69 Å². The molecule has 0 fully saturated rings. The predicted octanol–water partition coefficient (Wildman–Crippen LogP) is 2.76. The number of H-pyrrole nitrogens is 1. The number of nitrogens with one attached hydrogen (secondary N) is 4. The number of fused-ring (bicyclic) bond motifs is 1. The summed E-state index contributed by atoms with van der Waals surface area (Å²) in [5.41, 5.74) is 2.70. The zero-order valence-electron chi connectivity index (χ0n) is 15.3. The average molecular weight is 410 g/mol. The highest BCUT2D eigenvalue weighted by Crippen LogP contribution is 2.22. The van der Waals surface area contributed by atoms with Crippen molar-refractivity contribution in [2.45, 2.75) is 13.1 Å². The van der Waals surface area contributed by atoms with Crippen molar-refractivity contribution >= 4 is 45.6 Å². The van der Waals surface area contributed by atoms with Gasteiger partial charge in [0, 0.05) is 54.3 Å². The first kappa shape index (κ1) is 20.0. The van der Waals surface area contributed by atoms with Gasteiger partial charge in [-0.15, -0.1) is 0 Å². The highest BCUT2D eigenvalue weighted by Gasteiger charge is 2.12. The molecule has 1 aromatic carbocycles. The Morgan fingerprint density at radius 2 is 2.00 bits per heavy atom. The van der Waals surface area contributed by atoms with Gasteiger partial charge < -0.3 is 20.9 Å². The SMILES string of the molecule is C=CC(=O)Nc1ccc([N+](=O)[O-])cc1CNC(=S)NCc1ccnc2[nH]ccc12. The first-order valence-corrected chi connectivity index (χ1v) is 9.02. The van der Waals surface area contributed by atoms with Gasteiger partial charge in [-0.2, -0.15) is 0 Å². The van der Waals surface area contributed by atoms with Gasteiger partial charge in [0.15, 0.2) is 5.11 Å². The number of thiocarbonyl (C=S) groups is 1. The summed E-state index contributed by atoms with van der Waals surface area (Å²) in [5, 5.41) is 21.2.